The minimum Gasteiger partial charge on any atom is -0.477 e. The monoisotopic (exact) mass is 209 g/mol. The highest BCUT2D eigenvalue weighted by Gasteiger charge is 2.09. The van der Waals surface area contributed by atoms with Crippen molar-refractivity contribution in [2.24, 2.45) is 5.73 Å². The van der Waals surface area contributed by atoms with Gasteiger partial charge in [-0.05, 0) is 24.5 Å². The maximum absolute atomic E-state index is 10.6. The van der Waals surface area contributed by atoms with Crippen LogP contribution in [-0.4, -0.2) is 17.0 Å². The van der Waals surface area contributed by atoms with Crippen molar-refractivity contribution in [3.63, 3.8) is 0 Å². The molecule has 4 nitrogen and oxygen atoms in total. The number of hydrogen-bond donors (Lipinski definition) is 2. The third kappa shape index (κ3) is 2.34. The summed E-state index contributed by atoms with van der Waals surface area (Å²) in [5.41, 5.74) is 5.57. The number of thiophene rings is 1. The Labute approximate surface area is 84.4 Å². The Morgan fingerprint density at radius 3 is 2.64 bits per heavy atom. The summed E-state index contributed by atoms with van der Waals surface area (Å²) in [6.45, 7) is 1.73. The second-order valence-corrected chi connectivity index (χ2v) is 3.59. The predicted molar refractivity (Wildman–Crippen MR) is 52.1 cm³/mol. The zero-order valence-electron chi connectivity index (χ0n) is 7.33. The van der Waals surface area contributed by atoms with Gasteiger partial charge in [0.05, 0.1) is 4.88 Å². The Morgan fingerprint density at radius 1 is 1.57 bits per heavy atom. The number of carboxylic acid groups (broad SMARTS) is 1. The van der Waals surface area contributed by atoms with Crippen LogP contribution in [0.15, 0.2) is 6.07 Å². The quantitative estimate of drug-likeness (QED) is 0.664. The molecule has 0 aliphatic carbocycles. The average Bonchev–Trinajstić information content (AvgIpc) is 2.43. The minimum atomic E-state index is -0.995. The van der Waals surface area contributed by atoms with Gasteiger partial charge in [-0.25, -0.2) is 4.79 Å². The fraction of sp³-hybridized carbons (Fsp3) is 0.111. The van der Waals surface area contributed by atoms with Crippen molar-refractivity contribution in [2.45, 2.75) is 6.92 Å². The lowest BCUT2D eigenvalue weighted by Gasteiger charge is -1.82. The summed E-state index contributed by atoms with van der Waals surface area (Å²) < 4.78 is 0. The first-order valence-corrected chi connectivity index (χ1v) is 4.47. The molecular formula is C9H7NO3S. The predicted octanol–water partition coefficient (Wildman–Crippen LogP) is 0.592. The molecule has 0 aliphatic rings. The molecule has 0 radical (unpaired) electrons. The number of primary amides is 1. The molecule has 1 aromatic heterocycles. The van der Waals surface area contributed by atoms with Gasteiger partial charge < -0.3 is 10.8 Å². The zero-order chi connectivity index (χ0) is 10.7. The van der Waals surface area contributed by atoms with Gasteiger partial charge in [0.15, 0.2) is 0 Å². The van der Waals surface area contributed by atoms with E-state index in [1.54, 1.807) is 6.92 Å². The number of carbonyl (C=O) groups excluding carboxylic acids is 1. The Bertz CT molecular complexity index is 450. The van der Waals surface area contributed by atoms with Crippen LogP contribution in [-0.2, 0) is 4.79 Å². The number of hydrogen-bond acceptors (Lipinski definition) is 3. The topological polar surface area (TPSA) is 80.4 Å². The number of amides is 1. The number of aryl methyl sites for hydroxylation is 1. The van der Waals surface area contributed by atoms with Crippen molar-refractivity contribution in [3.8, 4) is 11.8 Å². The SMILES string of the molecule is Cc1cc(C(=O)O)sc1C#CC(N)=O. The summed E-state index contributed by atoms with van der Waals surface area (Å²) in [5.74, 6) is 2.96. The molecule has 0 unspecified atom stereocenters. The van der Waals surface area contributed by atoms with Crippen LogP contribution in [0.25, 0.3) is 0 Å². The number of nitrogens with two attached hydrogens (primary N) is 1. The Hall–Kier alpha value is -1.80. The lowest BCUT2D eigenvalue weighted by atomic mass is 10.2. The highest BCUT2D eigenvalue weighted by atomic mass is 32.1. The van der Waals surface area contributed by atoms with Gasteiger partial charge in [0.2, 0.25) is 0 Å². The summed E-state index contributed by atoms with van der Waals surface area (Å²) in [4.78, 5) is 21.7. The Kier molecular flexibility index (Phi) is 2.89. The van der Waals surface area contributed by atoms with Gasteiger partial charge >= 0.3 is 5.97 Å². The molecule has 72 valence electrons. The van der Waals surface area contributed by atoms with E-state index in [-0.39, 0.29) is 4.88 Å². The lowest BCUT2D eigenvalue weighted by molar-refractivity contribution is -0.112. The summed E-state index contributed by atoms with van der Waals surface area (Å²) >= 11 is 1.03. The molecule has 1 rings (SSSR count). The van der Waals surface area contributed by atoms with Crippen LogP contribution in [0.3, 0.4) is 0 Å². The number of rotatable bonds is 1. The van der Waals surface area contributed by atoms with E-state index in [1.165, 1.54) is 6.07 Å². The molecule has 0 aliphatic heterocycles. The van der Waals surface area contributed by atoms with Crippen LogP contribution in [0.2, 0.25) is 0 Å². The largest absolute Gasteiger partial charge is 0.477 e. The van der Waals surface area contributed by atoms with E-state index < -0.39 is 11.9 Å². The molecule has 14 heavy (non-hydrogen) atoms. The van der Waals surface area contributed by atoms with Crippen LogP contribution >= 0.6 is 11.3 Å². The second kappa shape index (κ2) is 3.94. The maximum Gasteiger partial charge on any atom is 0.345 e. The van der Waals surface area contributed by atoms with Crippen LogP contribution in [0.1, 0.15) is 20.1 Å². The van der Waals surface area contributed by atoms with Gasteiger partial charge in [-0.1, -0.05) is 0 Å². The van der Waals surface area contributed by atoms with Gasteiger partial charge in [0.25, 0.3) is 5.91 Å². The van der Waals surface area contributed by atoms with Gasteiger partial charge in [-0.2, -0.15) is 0 Å². The van der Waals surface area contributed by atoms with E-state index in [4.69, 9.17) is 10.8 Å². The second-order valence-electron chi connectivity index (χ2n) is 2.54. The number of aromatic carboxylic acids is 1. The van der Waals surface area contributed by atoms with Gasteiger partial charge in [-0.15, -0.1) is 11.3 Å². The van der Waals surface area contributed by atoms with Gasteiger partial charge in [-0.3, -0.25) is 4.79 Å². The lowest BCUT2D eigenvalue weighted by Crippen LogP contribution is -2.06. The number of carbonyl (C=O) groups is 2. The summed E-state index contributed by atoms with van der Waals surface area (Å²) in [7, 11) is 0. The van der Waals surface area contributed by atoms with Crippen LogP contribution in [0.4, 0.5) is 0 Å². The molecule has 0 bridgehead atoms. The van der Waals surface area contributed by atoms with Gasteiger partial charge in [0.1, 0.15) is 4.88 Å². The molecule has 0 atom stereocenters. The first-order valence-electron chi connectivity index (χ1n) is 3.66. The van der Waals surface area contributed by atoms with E-state index in [0.29, 0.717) is 4.88 Å². The molecule has 0 saturated heterocycles. The molecule has 5 heteroatoms. The first kappa shape index (κ1) is 10.3. The highest BCUT2D eigenvalue weighted by molar-refractivity contribution is 7.14. The van der Waals surface area contributed by atoms with Crippen LogP contribution in [0, 0.1) is 18.8 Å². The van der Waals surface area contributed by atoms with Gasteiger partial charge in [0, 0.05) is 5.92 Å². The van der Waals surface area contributed by atoms with Crippen molar-refractivity contribution < 1.29 is 14.7 Å². The average molecular weight is 209 g/mol. The van der Waals surface area contributed by atoms with E-state index in [9.17, 15) is 9.59 Å². The van der Waals surface area contributed by atoms with Crippen molar-refractivity contribution in [1.82, 2.24) is 0 Å². The molecule has 1 amide bonds. The fourth-order valence-corrected chi connectivity index (χ4v) is 1.69. The molecule has 1 heterocycles. The molecule has 0 aromatic carbocycles. The Balaban J connectivity index is 3.07. The molecule has 0 saturated carbocycles. The van der Waals surface area contributed by atoms with E-state index in [0.717, 1.165) is 16.9 Å². The molecule has 0 spiro atoms. The van der Waals surface area contributed by atoms with Crippen LogP contribution in [0.5, 0.6) is 0 Å². The normalized spacial score (nSPS) is 8.93. The van der Waals surface area contributed by atoms with E-state index in [1.807, 2.05) is 0 Å². The van der Waals surface area contributed by atoms with Crippen molar-refractivity contribution in [2.75, 3.05) is 0 Å². The molecular weight excluding hydrogens is 202 g/mol. The zero-order valence-corrected chi connectivity index (χ0v) is 8.14. The highest BCUT2D eigenvalue weighted by Crippen LogP contribution is 2.20. The number of carboxylic acids is 1. The molecule has 1 aromatic rings. The molecule has 3 N–H and O–H groups in total. The minimum absolute atomic E-state index is 0.205. The van der Waals surface area contributed by atoms with Crippen LogP contribution < -0.4 is 5.73 Å². The third-order valence-corrected chi connectivity index (χ3v) is 2.57. The Morgan fingerprint density at radius 2 is 2.21 bits per heavy atom. The standard InChI is InChI=1S/C9H7NO3S/c1-5-4-7(9(12)13)14-6(5)2-3-8(10)11/h4H,1H3,(H2,10,11)(H,12,13). The van der Waals surface area contributed by atoms with E-state index in [2.05, 4.69) is 11.8 Å². The summed E-state index contributed by atoms with van der Waals surface area (Å²) in [5, 5.41) is 8.67. The first-order chi connectivity index (χ1) is 6.50. The maximum atomic E-state index is 10.6. The summed E-state index contributed by atoms with van der Waals surface area (Å²) in [6.07, 6.45) is 0. The fourth-order valence-electron chi connectivity index (χ4n) is 0.830. The smallest absolute Gasteiger partial charge is 0.345 e. The molecule has 0 fully saturated rings. The van der Waals surface area contributed by atoms with E-state index >= 15 is 0 Å². The summed E-state index contributed by atoms with van der Waals surface area (Å²) in [6, 6.07) is 1.51. The van der Waals surface area contributed by atoms with Crippen molar-refractivity contribution >= 4 is 23.2 Å². The third-order valence-electron chi connectivity index (χ3n) is 1.43. The van der Waals surface area contributed by atoms with Crippen molar-refractivity contribution in [1.29, 1.82) is 0 Å². The van der Waals surface area contributed by atoms with Crippen molar-refractivity contribution in [3.05, 3.63) is 21.4 Å².